The highest BCUT2D eigenvalue weighted by atomic mass is 32.1. The maximum Gasteiger partial charge on any atom is 0.223 e. The summed E-state index contributed by atoms with van der Waals surface area (Å²) >= 11 is 1.61. The van der Waals surface area contributed by atoms with E-state index in [4.69, 9.17) is 10.5 Å². The Balaban J connectivity index is 1.43. The van der Waals surface area contributed by atoms with Crippen molar-refractivity contribution in [2.75, 3.05) is 37.4 Å². The Morgan fingerprint density at radius 3 is 2.64 bits per heavy atom. The minimum Gasteiger partial charge on any atom is -0.379 e. The second-order valence-electron chi connectivity index (χ2n) is 6.84. The molecular formula is C17H26N6OS. The van der Waals surface area contributed by atoms with Crippen LogP contribution in [-0.4, -0.2) is 58.2 Å². The highest BCUT2D eigenvalue weighted by Gasteiger charge is 2.27. The number of morpholine rings is 1. The van der Waals surface area contributed by atoms with Gasteiger partial charge < -0.3 is 15.8 Å². The zero-order chi connectivity index (χ0) is 17.2. The van der Waals surface area contributed by atoms with Crippen LogP contribution in [-0.2, 0) is 11.2 Å². The number of thiazole rings is 1. The van der Waals surface area contributed by atoms with Gasteiger partial charge in [0.25, 0.3) is 0 Å². The van der Waals surface area contributed by atoms with Gasteiger partial charge in [-0.15, -0.1) is 0 Å². The Hall–Kier alpha value is -1.51. The molecule has 0 amide bonds. The summed E-state index contributed by atoms with van der Waals surface area (Å²) < 4.78 is 5.47. The van der Waals surface area contributed by atoms with Gasteiger partial charge in [-0.3, -0.25) is 4.90 Å². The Kier molecular flexibility index (Phi) is 5.00. The molecular weight excluding hydrogens is 336 g/mol. The van der Waals surface area contributed by atoms with Crippen molar-refractivity contribution in [3.05, 3.63) is 5.01 Å². The largest absolute Gasteiger partial charge is 0.379 e. The Morgan fingerprint density at radius 2 is 1.92 bits per heavy atom. The molecule has 3 heterocycles. The molecule has 1 saturated heterocycles. The van der Waals surface area contributed by atoms with Crippen molar-refractivity contribution in [3.8, 4) is 0 Å². The van der Waals surface area contributed by atoms with Crippen molar-refractivity contribution < 1.29 is 4.74 Å². The number of aromatic nitrogens is 3. The van der Waals surface area contributed by atoms with Crippen LogP contribution in [0.3, 0.4) is 0 Å². The molecule has 4 rings (SSSR count). The van der Waals surface area contributed by atoms with Gasteiger partial charge in [-0.25, -0.2) is 9.97 Å². The predicted molar refractivity (Wildman–Crippen MR) is 101 cm³/mol. The zero-order valence-corrected chi connectivity index (χ0v) is 15.5. The molecule has 0 aromatic carbocycles. The molecule has 0 bridgehead atoms. The number of hydrogen-bond donors (Lipinski definition) is 2. The molecule has 25 heavy (non-hydrogen) atoms. The Bertz CT molecular complexity index is 721. The monoisotopic (exact) mass is 362 g/mol. The van der Waals surface area contributed by atoms with Gasteiger partial charge >= 0.3 is 0 Å². The third-order valence-electron chi connectivity index (χ3n) is 5.22. The van der Waals surface area contributed by atoms with E-state index >= 15 is 0 Å². The van der Waals surface area contributed by atoms with E-state index in [9.17, 15) is 0 Å². The van der Waals surface area contributed by atoms with Crippen LogP contribution in [0.1, 0.15) is 37.6 Å². The van der Waals surface area contributed by atoms with E-state index in [2.05, 4.69) is 32.1 Å². The standard InChI is InChI=1S/C17H26N6OS/c1-2-13-20-14-15(21-17(18)22-16(14)25-13)19-11-3-5-12(6-4-11)23-7-9-24-10-8-23/h11-12H,2-10H2,1H3,(H3,18,19,21,22). The molecule has 0 unspecified atom stereocenters. The van der Waals surface area contributed by atoms with Crippen LogP contribution in [0.5, 0.6) is 0 Å². The van der Waals surface area contributed by atoms with Crippen LogP contribution in [0.4, 0.5) is 11.8 Å². The van der Waals surface area contributed by atoms with E-state index < -0.39 is 0 Å². The van der Waals surface area contributed by atoms with Gasteiger partial charge in [-0.05, 0) is 32.1 Å². The van der Waals surface area contributed by atoms with Gasteiger partial charge in [-0.1, -0.05) is 18.3 Å². The fourth-order valence-electron chi connectivity index (χ4n) is 3.85. The van der Waals surface area contributed by atoms with Gasteiger partial charge in [0.05, 0.1) is 18.2 Å². The minimum atomic E-state index is 0.323. The van der Waals surface area contributed by atoms with Gasteiger partial charge in [0.15, 0.2) is 10.6 Å². The quantitative estimate of drug-likeness (QED) is 0.862. The summed E-state index contributed by atoms with van der Waals surface area (Å²) in [5, 5.41) is 4.67. The fourth-order valence-corrected chi connectivity index (χ4v) is 4.74. The number of nitrogens with zero attached hydrogens (tertiary/aromatic N) is 4. The van der Waals surface area contributed by atoms with E-state index in [0.717, 1.165) is 66.7 Å². The average Bonchev–Trinajstić information content (AvgIpc) is 3.06. The fraction of sp³-hybridized carbons (Fsp3) is 0.706. The SMILES string of the molecule is CCc1nc2c(NC3CCC(N4CCOCC4)CC3)nc(N)nc2s1. The Morgan fingerprint density at radius 1 is 1.16 bits per heavy atom. The van der Waals surface area contributed by atoms with Gasteiger partial charge in [-0.2, -0.15) is 4.98 Å². The lowest BCUT2D eigenvalue weighted by molar-refractivity contribution is 0.00791. The van der Waals surface area contributed by atoms with Gasteiger partial charge in [0.1, 0.15) is 5.52 Å². The lowest BCUT2D eigenvalue weighted by Crippen LogP contribution is -2.46. The molecule has 7 nitrogen and oxygen atoms in total. The maximum atomic E-state index is 5.90. The van der Waals surface area contributed by atoms with Crippen molar-refractivity contribution in [1.82, 2.24) is 19.9 Å². The summed E-state index contributed by atoms with van der Waals surface area (Å²) in [6.45, 7) is 6.00. The number of hydrogen-bond acceptors (Lipinski definition) is 8. The zero-order valence-electron chi connectivity index (χ0n) is 14.7. The van der Waals surface area contributed by atoms with Gasteiger partial charge in [0.2, 0.25) is 5.95 Å². The molecule has 2 fully saturated rings. The first-order chi connectivity index (χ1) is 12.2. The third-order valence-corrected chi connectivity index (χ3v) is 6.32. The van der Waals surface area contributed by atoms with Crippen molar-refractivity contribution in [3.63, 3.8) is 0 Å². The smallest absolute Gasteiger partial charge is 0.223 e. The molecule has 1 aliphatic heterocycles. The lowest BCUT2D eigenvalue weighted by atomic mass is 9.90. The molecule has 3 N–H and O–H groups in total. The summed E-state index contributed by atoms with van der Waals surface area (Å²) in [4.78, 5) is 16.9. The van der Waals surface area contributed by atoms with Gasteiger partial charge in [0, 0.05) is 25.2 Å². The Labute approximate surface area is 152 Å². The summed E-state index contributed by atoms with van der Waals surface area (Å²) in [7, 11) is 0. The summed E-state index contributed by atoms with van der Waals surface area (Å²) in [5.74, 6) is 1.12. The number of fused-ring (bicyclic) bond motifs is 1. The lowest BCUT2D eigenvalue weighted by Gasteiger charge is -2.39. The summed E-state index contributed by atoms with van der Waals surface area (Å²) in [6.07, 6.45) is 5.65. The molecule has 1 aliphatic carbocycles. The van der Waals surface area contributed by atoms with Crippen molar-refractivity contribution in [1.29, 1.82) is 0 Å². The third kappa shape index (κ3) is 3.70. The minimum absolute atomic E-state index is 0.323. The van der Waals surface area contributed by atoms with Crippen LogP contribution in [0.15, 0.2) is 0 Å². The highest BCUT2D eigenvalue weighted by molar-refractivity contribution is 7.18. The summed E-state index contributed by atoms with van der Waals surface area (Å²) in [5.41, 5.74) is 6.77. The van der Waals surface area contributed by atoms with Crippen LogP contribution >= 0.6 is 11.3 Å². The molecule has 2 aromatic rings. The van der Waals surface area contributed by atoms with Crippen LogP contribution in [0.2, 0.25) is 0 Å². The first kappa shape index (κ1) is 16.9. The molecule has 0 atom stereocenters. The van der Waals surface area contributed by atoms with Crippen molar-refractivity contribution in [2.24, 2.45) is 0 Å². The highest BCUT2D eigenvalue weighted by Crippen LogP contribution is 2.30. The van der Waals surface area contributed by atoms with Crippen LogP contribution in [0.25, 0.3) is 10.3 Å². The number of anilines is 2. The van der Waals surface area contributed by atoms with E-state index in [1.807, 2.05) is 0 Å². The molecule has 0 spiro atoms. The number of nitrogens with one attached hydrogen (secondary N) is 1. The number of rotatable bonds is 4. The second kappa shape index (κ2) is 7.39. The topological polar surface area (TPSA) is 89.2 Å². The van der Waals surface area contributed by atoms with Crippen LogP contribution < -0.4 is 11.1 Å². The number of ether oxygens (including phenoxy) is 1. The molecule has 0 radical (unpaired) electrons. The number of aryl methyl sites for hydroxylation is 1. The molecule has 1 saturated carbocycles. The van der Waals surface area contributed by atoms with Crippen molar-refractivity contribution >= 4 is 33.5 Å². The molecule has 8 heteroatoms. The maximum absolute atomic E-state index is 5.90. The normalized spacial score (nSPS) is 25.3. The number of nitrogen functional groups attached to an aromatic ring is 1. The van der Waals surface area contributed by atoms with E-state index in [0.29, 0.717) is 18.0 Å². The average molecular weight is 363 g/mol. The molecule has 2 aromatic heterocycles. The first-order valence-electron chi connectivity index (χ1n) is 9.24. The van der Waals surface area contributed by atoms with Crippen LogP contribution in [0, 0.1) is 0 Å². The first-order valence-corrected chi connectivity index (χ1v) is 10.1. The number of nitrogens with two attached hydrogens (primary N) is 1. The summed E-state index contributed by atoms with van der Waals surface area (Å²) in [6, 6.07) is 1.13. The predicted octanol–water partition coefficient (Wildman–Crippen LogP) is 2.29. The van der Waals surface area contributed by atoms with E-state index in [1.165, 1.54) is 12.8 Å². The molecule has 136 valence electrons. The molecule has 2 aliphatic rings. The van der Waals surface area contributed by atoms with E-state index in [-0.39, 0.29) is 0 Å². The van der Waals surface area contributed by atoms with E-state index in [1.54, 1.807) is 11.3 Å². The van der Waals surface area contributed by atoms with Crippen molar-refractivity contribution in [2.45, 2.75) is 51.1 Å². The second-order valence-corrected chi connectivity index (χ2v) is 7.91.